The highest BCUT2D eigenvalue weighted by Crippen LogP contribution is 2.15. The summed E-state index contributed by atoms with van der Waals surface area (Å²) >= 11 is 0. The summed E-state index contributed by atoms with van der Waals surface area (Å²) in [4.78, 5) is 4.33. The highest BCUT2D eigenvalue weighted by atomic mass is 14.9. The van der Waals surface area contributed by atoms with Crippen LogP contribution in [-0.4, -0.2) is 4.98 Å². The first-order valence-electron chi connectivity index (χ1n) is 6.45. The van der Waals surface area contributed by atoms with E-state index in [4.69, 9.17) is 0 Å². The molecule has 94 valence electrons. The number of benzene rings is 2. The van der Waals surface area contributed by atoms with E-state index in [1.807, 2.05) is 12.3 Å². The van der Waals surface area contributed by atoms with Gasteiger partial charge in [0.25, 0.3) is 0 Å². The average Bonchev–Trinajstić information content (AvgIpc) is 2.45. The van der Waals surface area contributed by atoms with Crippen LogP contribution >= 0.6 is 0 Å². The predicted molar refractivity (Wildman–Crippen MR) is 80.2 cm³/mol. The maximum absolute atomic E-state index is 4.33. The second-order valence-corrected chi connectivity index (χ2v) is 4.75. The van der Waals surface area contributed by atoms with Crippen LogP contribution in [0, 0.1) is 6.92 Å². The van der Waals surface area contributed by atoms with Gasteiger partial charge in [0.1, 0.15) is 0 Å². The first kappa shape index (κ1) is 11.7. The highest BCUT2D eigenvalue weighted by molar-refractivity contribution is 5.78. The van der Waals surface area contributed by atoms with Crippen molar-refractivity contribution in [2.24, 2.45) is 0 Å². The van der Waals surface area contributed by atoms with Crippen LogP contribution in [0.1, 0.15) is 11.1 Å². The second-order valence-electron chi connectivity index (χ2n) is 4.75. The van der Waals surface area contributed by atoms with Gasteiger partial charge in [0.15, 0.2) is 0 Å². The fourth-order valence-corrected chi connectivity index (χ4v) is 2.19. The molecule has 1 aromatic heterocycles. The second kappa shape index (κ2) is 5.11. The normalized spacial score (nSPS) is 10.6. The molecule has 2 aromatic carbocycles. The van der Waals surface area contributed by atoms with Gasteiger partial charge in [0, 0.05) is 23.8 Å². The minimum Gasteiger partial charge on any atom is -0.381 e. The lowest BCUT2D eigenvalue weighted by molar-refractivity contribution is 1.15. The van der Waals surface area contributed by atoms with Crippen molar-refractivity contribution in [3.05, 3.63) is 71.9 Å². The Morgan fingerprint density at radius 2 is 1.95 bits per heavy atom. The summed E-state index contributed by atoms with van der Waals surface area (Å²) in [5.41, 5.74) is 4.74. The van der Waals surface area contributed by atoms with E-state index in [-0.39, 0.29) is 0 Å². The van der Waals surface area contributed by atoms with Crippen LogP contribution in [0.15, 0.2) is 60.8 Å². The molecule has 0 aliphatic carbocycles. The number of aromatic nitrogens is 1. The van der Waals surface area contributed by atoms with E-state index in [0.717, 1.165) is 17.7 Å². The van der Waals surface area contributed by atoms with Crippen LogP contribution < -0.4 is 5.32 Å². The standard InChI is InChI=1S/C17H16N2/c1-13-4-2-6-16(10-13)19-12-14-7-8-17-15(11-14)5-3-9-18-17/h2-11,19H,12H2,1H3. The van der Waals surface area contributed by atoms with Gasteiger partial charge in [-0.15, -0.1) is 0 Å². The molecule has 0 saturated heterocycles. The summed E-state index contributed by atoms with van der Waals surface area (Å²) in [7, 11) is 0. The highest BCUT2D eigenvalue weighted by Gasteiger charge is 1.98. The molecule has 0 aliphatic rings. The van der Waals surface area contributed by atoms with Crippen LogP contribution in [0.3, 0.4) is 0 Å². The maximum Gasteiger partial charge on any atom is 0.0702 e. The van der Waals surface area contributed by atoms with Gasteiger partial charge in [-0.1, -0.05) is 24.3 Å². The lowest BCUT2D eigenvalue weighted by Crippen LogP contribution is -1.99. The topological polar surface area (TPSA) is 24.9 Å². The number of rotatable bonds is 3. The Kier molecular flexibility index (Phi) is 3.15. The third-order valence-corrected chi connectivity index (χ3v) is 3.18. The van der Waals surface area contributed by atoms with Crippen LogP contribution in [0.2, 0.25) is 0 Å². The Morgan fingerprint density at radius 1 is 1.00 bits per heavy atom. The predicted octanol–water partition coefficient (Wildman–Crippen LogP) is 4.16. The van der Waals surface area contributed by atoms with Gasteiger partial charge < -0.3 is 5.32 Å². The molecule has 19 heavy (non-hydrogen) atoms. The van der Waals surface area contributed by atoms with Crippen LogP contribution in [-0.2, 0) is 6.54 Å². The number of hydrogen-bond donors (Lipinski definition) is 1. The molecule has 0 aliphatic heterocycles. The quantitative estimate of drug-likeness (QED) is 0.753. The van der Waals surface area contributed by atoms with E-state index < -0.39 is 0 Å². The van der Waals surface area contributed by atoms with E-state index in [1.54, 1.807) is 0 Å². The molecular formula is C17H16N2. The van der Waals surface area contributed by atoms with Crippen molar-refractivity contribution < 1.29 is 0 Å². The number of pyridine rings is 1. The number of aryl methyl sites for hydroxylation is 1. The van der Waals surface area contributed by atoms with Crippen molar-refractivity contribution in [2.45, 2.75) is 13.5 Å². The van der Waals surface area contributed by atoms with Crippen molar-refractivity contribution in [2.75, 3.05) is 5.32 Å². The SMILES string of the molecule is Cc1cccc(NCc2ccc3ncccc3c2)c1. The molecule has 0 amide bonds. The van der Waals surface area contributed by atoms with Crippen molar-refractivity contribution in [1.29, 1.82) is 0 Å². The molecule has 0 atom stereocenters. The van der Waals surface area contributed by atoms with Gasteiger partial charge in [-0.2, -0.15) is 0 Å². The van der Waals surface area contributed by atoms with Gasteiger partial charge >= 0.3 is 0 Å². The van der Waals surface area contributed by atoms with Gasteiger partial charge in [-0.05, 0) is 48.4 Å². The largest absolute Gasteiger partial charge is 0.381 e. The lowest BCUT2D eigenvalue weighted by atomic mass is 10.1. The molecule has 3 rings (SSSR count). The van der Waals surface area contributed by atoms with Gasteiger partial charge in [-0.3, -0.25) is 4.98 Å². The maximum atomic E-state index is 4.33. The van der Waals surface area contributed by atoms with Crippen molar-refractivity contribution in [3.63, 3.8) is 0 Å². The van der Waals surface area contributed by atoms with Gasteiger partial charge in [0.2, 0.25) is 0 Å². The zero-order valence-electron chi connectivity index (χ0n) is 10.9. The third kappa shape index (κ3) is 2.74. The Hall–Kier alpha value is -2.35. The molecule has 1 N–H and O–H groups in total. The van der Waals surface area contributed by atoms with Gasteiger partial charge in [-0.25, -0.2) is 0 Å². The average molecular weight is 248 g/mol. The molecule has 0 bridgehead atoms. The Balaban J connectivity index is 1.78. The third-order valence-electron chi connectivity index (χ3n) is 3.18. The summed E-state index contributed by atoms with van der Waals surface area (Å²) in [6.07, 6.45) is 1.83. The molecular weight excluding hydrogens is 232 g/mol. The van der Waals surface area contributed by atoms with Crippen molar-refractivity contribution in [1.82, 2.24) is 4.98 Å². The smallest absolute Gasteiger partial charge is 0.0702 e. The molecule has 2 nitrogen and oxygen atoms in total. The summed E-state index contributed by atoms with van der Waals surface area (Å²) in [6, 6.07) is 18.9. The number of nitrogens with one attached hydrogen (secondary N) is 1. The molecule has 0 radical (unpaired) electrons. The molecule has 0 unspecified atom stereocenters. The number of hydrogen-bond acceptors (Lipinski definition) is 2. The minimum absolute atomic E-state index is 0.828. The molecule has 0 saturated carbocycles. The monoisotopic (exact) mass is 248 g/mol. The summed E-state index contributed by atoms with van der Waals surface area (Å²) in [5.74, 6) is 0. The van der Waals surface area contributed by atoms with E-state index in [9.17, 15) is 0 Å². The summed E-state index contributed by atoms with van der Waals surface area (Å²) in [6.45, 7) is 2.93. The van der Waals surface area contributed by atoms with E-state index in [2.05, 4.69) is 65.8 Å². The summed E-state index contributed by atoms with van der Waals surface area (Å²) < 4.78 is 0. The number of anilines is 1. The Morgan fingerprint density at radius 3 is 2.84 bits per heavy atom. The molecule has 2 heteroatoms. The first-order valence-corrected chi connectivity index (χ1v) is 6.45. The van der Waals surface area contributed by atoms with E-state index in [0.29, 0.717) is 0 Å². The van der Waals surface area contributed by atoms with Crippen LogP contribution in [0.25, 0.3) is 10.9 Å². The van der Waals surface area contributed by atoms with Gasteiger partial charge in [0.05, 0.1) is 5.52 Å². The van der Waals surface area contributed by atoms with E-state index >= 15 is 0 Å². The summed E-state index contributed by atoms with van der Waals surface area (Å²) in [5, 5.41) is 4.63. The Labute approximate surface area is 113 Å². The van der Waals surface area contributed by atoms with Crippen LogP contribution in [0.5, 0.6) is 0 Å². The zero-order valence-corrected chi connectivity index (χ0v) is 10.9. The number of fused-ring (bicyclic) bond motifs is 1. The Bertz CT molecular complexity index is 704. The zero-order chi connectivity index (χ0) is 13.1. The molecule has 1 heterocycles. The molecule has 0 fully saturated rings. The van der Waals surface area contributed by atoms with E-state index in [1.165, 1.54) is 16.5 Å². The first-order chi connectivity index (χ1) is 9.31. The molecule has 0 spiro atoms. The van der Waals surface area contributed by atoms with Crippen LogP contribution in [0.4, 0.5) is 5.69 Å². The number of nitrogens with zero attached hydrogens (tertiary/aromatic N) is 1. The molecule has 3 aromatic rings. The lowest BCUT2D eigenvalue weighted by Gasteiger charge is -2.08. The minimum atomic E-state index is 0.828. The fourth-order valence-electron chi connectivity index (χ4n) is 2.19. The van der Waals surface area contributed by atoms with Crippen molar-refractivity contribution >= 4 is 16.6 Å². The fraction of sp³-hybridized carbons (Fsp3) is 0.118. The van der Waals surface area contributed by atoms with Crippen molar-refractivity contribution in [3.8, 4) is 0 Å².